The van der Waals surface area contributed by atoms with E-state index in [0.717, 1.165) is 48.4 Å². The van der Waals surface area contributed by atoms with E-state index < -0.39 is 0 Å². The van der Waals surface area contributed by atoms with Crippen molar-refractivity contribution in [3.8, 4) is 0 Å². The molecule has 2 aliphatic rings. The summed E-state index contributed by atoms with van der Waals surface area (Å²) in [6.45, 7) is 7.31. The number of hydrogen-bond donors (Lipinski definition) is 1. The lowest BCUT2D eigenvalue weighted by molar-refractivity contribution is -0.121. The summed E-state index contributed by atoms with van der Waals surface area (Å²) in [5.41, 5.74) is 4.13. The Bertz CT molecular complexity index is 799. The van der Waals surface area contributed by atoms with Crippen LogP contribution in [-0.4, -0.2) is 38.3 Å². The molecule has 2 aromatic heterocycles. The largest absolute Gasteiger partial charge is 0.361 e. The zero-order valence-corrected chi connectivity index (χ0v) is 17.0. The number of hydrogen-bond acceptors (Lipinski definition) is 5. The van der Waals surface area contributed by atoms with Gasteiger partial charge >= 0.3 is 0 Å². The lowest BCUT2D eigenvalue weighted by atomic mass is 9.94. The second-order valence-corrected chi connectivity index (χ2v) is 8.19. The van der Waals surface area contributed by atoms with Crippen molar-refractivity contribution >= 4 is 5.91 Å². The van der Waals surface area contributed by atoms with Crippen molar-refractivity contribution < 1.29 is 9.32 Å². The Morgan fingerprint density at radius 1 is 1.25 bits per heavy atom. The maximum atomic E-state index is 12.2. The van der Waals surface area contributed by atoms with Gasteiger partial charge < -0.3 is 9.84 Å². The second kappa shape index (κ2) is 8.47. The van der Waals surface area contributed by atoms with E-state index in [9.17, 15) is 4.79 Å². The van der Waals surface area contributed by atoms with Gasteiger partial charge in [0.25, 0.3) is 0 Å². The zero-order chi connectivity index (χ0) is 19.5. The molecule has 1 saturated carbocycles. The molecular formula is C21H31N5O2. The highest BCUT2D eigenvalue weighted by Crippen LogP contribution is 2.26. The lowest BCUT2D eigenvalue weighted by Gasteiger charge is -2.36. The number of amides is 1. The number of nitrogens with one attached hydrogen (secondary N) is 1. The smallest absolute Gasteiger partial charge is 0.220 e. The SMILES string of the molecule is Cc1noc(C)c1CCC(=O)NCc1cc2n(n1)CCN(C1CCCCC1)C2. The molecule has 0 atom stereocenters. The molecule has 1 N–H and O–H groups in total. The van der Waals surface area contributed by atoms with Crippen LogP contribution in [0.15, 0.2) is 10.6 Å². The van der Waals surface area contributed by atoms with Crippen molar-refractivity contribution in [3.63, 3.8) is 0 Å². The number of aromatic nitrogens is 3. The number of rotatable bonds is 6. The summed E-state index contributed by atoms with van der Waals surface area (Å²) in [6, 6.07) is 2.90. The van der Waals surface area contributed by atoms with Gasteiger partial charge in [0.05, 0.1) is 30.2 Å². The fraction of sp³-hybridized carbons (Fsp3) is 0.667. The van der Waals surface area contributed by atoms with Crippen LogP contribution in [0.5, 0.6) is 0 Å². The maximum absolute atomic E-state index is 12.2. The van der Waals surface area contributed by atoms with Gasteiger partial charge in [-0.2, -0.15) is 5.10 Å². The molecule has 0 unspecified atom stereocenters. The summed E-state index contributed by atoms with van der Waals surface area (Å²) in [6.07, 6.45) is 7.89. The fourth-order valence-electron chi connectivity index (χ4n) is 4.57. The van der Waals surface area contributed by atoms with Crippen molar-refractivity contribution in [1.82, 2.24) is 25.2 Å². The minimum atomic E-state index is 0.0369. The molecule has 2 aromatic rings. The van der Waals surface area contributed by atoms with Crippen LogP contribution in [0, 0.1) is 13.8 Å². The van der Waals surface area contributed by atoms with Crippen molar-refractivity contribution in [2.45, 2.75) is 84.5 Å². The van der Waals surface area contributed by atoms with Crippen molar-refractivity contribution in [3.05, 3.63) is 34.5 Å². The predicted octanol–water partition coefficient (Wildman–Crippen LogP) is 2.89. The monoisotopic (exact) mass is 385 g/mol. The molecule has 1 amide bonds. The van der Waals surface area contributed by atoms with E-state index in [1.54, 1.807) is 0 Å². The number of fused-ring (bicyclic) bond motifs is 1. The first-order valence-electron chi connectivity index (χ1n) is 10.6. The molecule has 1 fully saturated rings. The number of nitrogens with zero attached hydrogens (tertiary/aromatic N) is 4. The normalized spacial score (nSPS) is 18.2. The summed E-state index contributed by atoms with van der Waals surface area (Å²) < 4.78 is 7.27. The van der Waals surface area contributed by atoms with E-state index >= 15 is 0 Å². The van der Waals surface area contributed by atoms with E-state index in [0.29, 0.717) is 19.4 Å². The van der Waals surface area contributed by atoms with Gasteiger partial charge in [0, 0.05) is 31.1 Å². The Kier molecular flexibility index (Phi) is 5.80. The first-order valence-corrected chi connectivity index (χ1v) is 10.6. The summed E-state index contributed by atoms with van der Waals surface area (Å²) >= 11 is 0. The van der Waals surface area contributed by atoms with Crippen LogP contribution in [0.25, 0.3) is 0 Å². The first-order chi connectivity index (χ1) is 13.6. The molecule has 1 aliphatic heterocycles. The Labute approximate surface area is 166 Å². The van der Waals surface area contributed by atoms with Crippen molar-refractivity contribution in [1.29, 1.82) is 0 Å². The Hall–Kier alpha value is -2.15. The third kappa shape index (κ3) is 4.29. The van der Waals surface area contributed by atoms with Crippen LogP contribution >= 0.6 is 0 Å². The highest BCUT2D eigenvalue weighted by atomic mass is 16.5. The van der Waals surface area contributed by atoms with Crippen LogP contribution in [0.4, 0.5) is 0 Å². The average molecular weight is 386 g/mol. The Morgan fingerprint density at radius 2 is 2.07 bits per heavy atom. The van der Waals surface area contributed by atoms with Crippen molar-refractivity contribution in [2.24, 2.45) is 0 Å². The van der Waals surface area contributed by atoms with E-state index in [4.69, 9.17) is 9.62 Å². The van der Waals surface area contributed by atoms with E-state index in [-0.39, 0.29) is 5.91 Å². The topological polar surface area (TPSA) is 76.2 Å². The highest BCUT2D eigenvalue weighted by Gasteiger charge is 2.26. The summed E-state index contributed by atoms with van der Waals surface area (Å²) in [7, 11) is 0. The second-order valence-electron chi connectivity index (χ2n) is 8.19. The average Bonchev–Trinajstić information content (AvgIpc) is 3.27. The molecule has 0 aromatic carbocycles. The third-order valence-corrected chi connectivity index (χ3v) is 6.22. The van der Waals surface area contributed by atoms with Gasteiger partial charge in [0.2, 0.25) is 5.91 Å². The van der Waals surface area contributed by atoms with Gasteiger partial charge in [-0.25, -0.2) is 0 Å². The first kappa shape index (κ1) is 19.2. The predicted molar refractivity (Wildman–Crippen MR) is 106 cm³/mol. The van der Waals surface area contributed by atoms with E-state index in [1.165, 1.54) is 37.8 Å². The minimum Gasteiger partial charge on any atom is -0.361 e. The molecule has 152 valence electrons. The Balaban J connectivity index is 1.27. The summed E-state index contributed by atoms with van der Waals surface area (Å²) in [5, 5.41) is 11.6. The minimum absolute atomic E-state index is 0.0369. The summed E-state index contributed by atoms with van der Waals surface area (Å²) in [5.74, 6) is 0.837. The number of carbonyl (C=O) groups is 1. The quantitative estimate of drug-likeness (QED) is 0.827. The highest BCUT2D eigenvalue weighted by molar-refractivity contribution is 5.76. The van der Waals surface area contributed by atoms with Crippen LogP contribution in [0.2, 0.25) is 0 Å². The van der Waals surface area contributed by atoms with Crippen LogP contribution in [-0.2, 0) is 30.8 Å². The molecule has 0 bridgehead atoms. The van der Waals surface area contributed by atoms with Crippen LogP contribution < -0.4 is 5.32 Å². The standard InChI is InChI=1S/C21H31N5O2/c1-15-20(16(2)28-24-15)8-9-21(27)22-13-17-12-19-14-25(10-11-26(19)23-17)18-6-4-3-5-7-18/h12,18H,3-11,13-14H2,1-2H3,(H,22,27). The molecule has 28 heavy (non-hydrogen) atoms. The lowest BCUT2D eigenvalue weighted by Crippen LogP contribution is -2.42. The molecule has 4 rings (SSSR count). The van der Waals surface area contributed by atoms with E-state index in [2.05, 4.69) is 26.1 Å². The Morgan fingerprint density at radius 3 is 2.82 bits per heavy atom. The molecule has 0 radical (unpaired) electrons. The molecule has 7 nitrogen and oxygen atoms in total. The van der Waals surface area contributed by atoms with Gasteiger partial charge in [0.15, 0.2) is 0 Å². The molecule has 3 heterocycles. The molecule has 1 aliphatic carbocycles. The van der Waals surface area contributed by atoms with Gasteiger partial charge in [-0.15, -0.1) is 0 Å². The maximum Gasteiger partial charge on any atom is 0.220 e. The zero-order valence-electron chi connectivity index (χ0n) is 17.0. The van der Waals surface area contributed by atoms with Gasteiger partial charge in [0.1, 0.15) is 5.76 Å². The van der Waals surface area contributed by atoms with Crippen molar-refractivity contribution in [2.75, 3.05) is 6.54 Å². The number of carbonyl (C=O) groups excluding carboxylic acids is 1. The van der Waals surface area contributed by atoms with E-state index in [1.807, 2.05) is 13.8 Å². The van der Waals surface area contributed by atoms with Gasteiger partial charge in [-0.3, -0.25) is 14.4 Å². The number of aryl methyl sites for hydroxylation is 2. The van der Waals surface area contributed by atoms with Crippen LogP contribution in [0.1, 0.15) is 66.9 Å². The summed E-state index contributed by atoms with van der Waals surface area (Å²) in [4.78, 5) is 14.9. The molecule has 0 spiro atoms. The van der Waals surface area contributed by atoms with Gasteiger partial charge in [-0.1, -0.05) is 24.4 Å². The van der Waals surface area contributed by atoms with Gasteiger partial charge in [-0.05, 0) is 39.2 Å². The molecule has 0 saturated heterocycles. The fourth-order valence-corrected chi connectivity index (χ4v) is 4.57. The molecule has 7 heteroatoms. The molecular weight excluding hydrogens is 354 g/mol. The third-order valence-electron chi connectivity index (χ3n) is 6.22. The van der Waals surface area contributed by atoms with Crippen LogP contribution in [0.3, 0.4) is 0 Å².